The van der Waals surface area contributed by atoms with Crippen LogP contribution in [-0.4, -0.2) is 26.3 Å². The van der Waals surface area contributed by atoms with Crippen molar-refractivity contribution in [3.63, 3.8) is 0 Å². The Kier molecular flexibility index (Phi) is 7.16. The Labute approximate surface area is 178 Å². The Morgan fingerprint density at radius 3 is 2.39 bits per heavy atom. The smallest absolute Gasteiger partial charge is 0.271 e. The molecule has 0 saturated carbocycles. The Balaban J connectivity index is 1.66. The minimum absolute atomic E-state index is 0.00832. The van der Waals surface area contributed by atoms with Gasteiger partial charge in [-0.2, -0.15) is 5.10 Å². The fraction of sp³-hybridized carbons (Fsp3) is 0.130. The van der Waals surface area contributed by atoms with Gasteiger partial charge in [-0.25, -0.2) is 14.2 Å². The van der Waals surface area contributed by atoms with Crippen molar-refractivity contribution in [2.24, 2.45) is 5.10 Å². The molecule has 6 nitrogen and oxygen atoms in total. The van der Waals surface area contributed by atoms with E-state index in [-0.39, 0.29) is 18.3 Å². The number of carbonyl (C=O) groups is 1. The van der Waals surface area contributed by atoms with Crippen molar-refractivity contribution in [3.05, 3.63) is 89.0 Å². The summed E-state index contributed by atoms with van der Waals surface area (Å²) in [5, 5.41) is 3.96. The maximum absolute atomic E-state index is 13.8. The third-order valence-electron chi connectivity index (χ3n) is 4.31. The zero-order chi connectivity index (χ0) is 22.2. The fourth-order valence-electron chi connectivity index (χ4n) is 2.71. The van der Waals surface area contributed by atoms with E-state index >= 15 is 0 Å². The van der Waals surface area contributed by atoms with Crippen molar-refractivity contribution >= 4 is 12.1 Å². The summed E-state index contributed by atoms with van der Waals surface area (Å²) in [6.45, 7) is -0.00832. The SMILES string of the molecule is COc1ccc(C(=O)N/N=C/c2ccc(OC)c(COc3ccc(F)cc3F)c2)cc1. The second-order valence-corrected chi connectivity index (χ2v) is 6.36. The number of rotatable bonds is 8. The lowest BCUT2D eigenvalue weighted by Crippen LogP contribution is -2.17. The monoisotopic (exact) mass is 426 g/mol. The number of benzene rings is 3. The van der Waals surface area contributed by atoms with Crippen LogP contribution >= 0.6 is 0 Å². The van der Waals surface area contributed by atoms with Gasteiger partial charge in [-0.3, -0.25) is 4.79 Å². The summed E-state index contributed by atoms with van der Waals surface area (Å²) in [5.41, 5.74) is 4.16. The lowest BCUT2D eigenvalue weighted by molar-refractivity contribution is 0.0955. The van der Waals surface area contributed by atoms with Crippen LogP contribution < -0.4 is 19.6 Å². The van der Waals surface area contributed by atoms with Crippen LogP contribution in [-0.2, 0) is 6.61 Å². The molecule has 3 aromatic carbocycles. The molecule has 0 radical (unpaired) electrons. The molecule has 160 valence electrons. The summed E-state index contributed by atoms with van der Waals surface area (Å²) in [6.07, 6.45) is 1.46. The Hall–Kier alpha value is -3.94. The number of nitrogens with zero attached hydrogens (tertiary/aromatic N) is 1. The number of halogens is 2. The maximum atomic E-state index is 13.8. The van der Waals surface area contributed by atoms with Crippen molar-refractivity contribution in [1.82, 2.24) is 5.43 Å². The highest BCUT2D eigenvalue weighted by Crippen LogP contribution is 2.24. The van der Waals surface area contributed by atoms with Crippen molar-refractivity contribution in [3.8, 4) is 17.2 Å². The molecule has 1 amide bonds. The van der Waals surface area contributed by atoms with E-state index in [0.29, 0.717) is 28.2 Å². The average Bonchev–Trinajstić information content (AvgIpc) is 2.78. The van der Waals surface area contributed by atoms with Gasteiger partial charge in [-0.05, 0) is 60.2 Å². The molecule has 1 N–H and O–H groups in total. The lowest BCUT2D eigenvalue weighted by Gasteiger charge is -2.11. The first-order valence-corrected chi connectivity index (χ1v) is 9.22. The number of carbonyl (C=O) groups excluding carboxylic acids is 1. The van der Waals surface area contributed by atoms with E-state index in [4.69, 9.17) is 14.2 Å². The largest absolute Gasteiger partial charge is 0.497 e. The Bertz CT molecular complexity index is 1090. The molecular formula is C23H20F2N2O4. The van der Waals surface area contributed by atoms with E-state index < -0.39 is 11.6 Å². The van der Waals surface area contributed by atoms with Gasteiger partial charge in [0.25, 0.3) is 5.91 Å². The van der Waals surface area contributed by atoms with E-state index in [0.717, 1.165) is 12.1 Å². The van der Waals surface area contributed by atoms with Crippen molar-refractivity contribution in [1.29, 1.82) is 0 Å². The van der Waals surface area contributed by atoms with Crippen molar-refractivity contribution in [2.45, 2.75) is 6.61 Å². The number of nitrogens with one attached hydrogen (secondary N) is 1. The van der Waals surface area contributed by atoms with Crippen LogP contribution in [0.1, 0.15) is 21.5 Å². The number of amides is 1. The molecule has 0 spiro atoms. The second-order valence-electron chi connectivity index (χ2n) is 6.36. The summed E-state index contributed by atoms with van der Waals surface area (Å²) in [5.74, 6) is -0.747. The molecule has 31 heavy (non-hydrogen) atoms. The van der Waals surface area contributed by atoms with Crippen LogP contribution in [0.15, 0.2) is 65.8 Å². The minimum Gasteiger partial charge on any atom is -0.497 e. The molecule has 8 heteroatoms. The Morgan fingerprint density at radius 1 is 0.968 bits per heavy atom. The number of hydrogen-bond acceptors (Lipinski definition) is 5. The summed E-state index contributed by atoms with van der Waals surface area (Å²) < 4.78 is 42.6. The van der Waals surface area contributed by atoms with Crippen molar-refractivity contribution in [2.75, 3.05) is 14.2 Å². The molecule has 0 aromatic heterocycles. The molecule has 0 bridgehead atoms. The van der Waals surface area contributed by atoms with E-state index in [1.54, 1.807) is 49.6 Å². The number of ether oxygens (including phenoxy) is 3. The summed E-state index contributed by atoms with van der Waals surface area (Å²) >= 11 is 0. The number of hydrogen-bond donors (Lipinski definition) is 1. The molecule has 0 atom stereocenters. The highest BCUT2D eigenvalue weighted by molar-refractivity contribution is 5.95. The molecule has 0 saturated heterocycles. The third kappa shape index (κ3) is 5.79. The van der Waals surface area contributed by atoms with E-state index in [1.807, 2.05) is 0 Å². The molecule has 0 aliphatic carbocycles. The standard InChI is InChI=1S/C23H20F2N2O4/c1-29-19-7-4-16(5-8-19)23(28)27-26-13-15-3-9-21(30-2)17(11-15)14-31-22-10-6-18(24)12-20(22)25/h3-13H,14H2,1-2H3,(H,27,28)/b26-13+. The van der Waals surface area contributed by atoms with E-state index in [2.05, 4.69) is 10.5 Å². The minimum atomic E-state index is -0.794. The van der Waals surface area contributed by atoms with Crippen LogP contribution in [0.5, 0.6) is 17.2 Å². The predicted octanol–water partition coefficient (Wildman–Crippen LogP) is 4.32. The highest BCUT2D eigenvalue weighted by atomic mass is 19.1. The van der Waals surface area contributed by atoms with Crippen LogP contribution in [0.4, 0.5) is 8.78 Å². The molecule has 0 heterocycles. The zero-order valence-electron chi connectivity index (χ0n) is 16.9. The van der Waals surface area contributed by atoms with Gasteiger partial charge >= 0.3 is 0 Å². The summed E-state index contributed by atoms with van der Waals surface area (Å²) in [4.78, 5) is 12.1. The van der Waals surface area contributed by atoms with Gasteiger partial charge in [0.1, 0.15) is 23.9 Å². The fourth-order valence-corrected chi connectivity index (χ4v) is 2.71. The normalized spacial score (nSPS) is 10.7. The van der Waals surface area contributed by atoms with Gasteiger partial charge in [0.15, 0.2) is 11.6 Å². The van der Waals surface area contributed by atoms with Crippen LogP contribution in [0.2, 0.25) is 0 Å². The van der Waals surface area contributed by atoms with Gasteiger partial charge in [0, 0.05) is 17.2 Å². The molecule has 0 aliphatic heterocycles. The molecular weight excluding hydrogens is 406 g/mol. The van der Waals surface area contributed by atoms with Gasteiger partial charge in [-0.15, -0.1) is 0 Å². The van der Waals surface area contributed by atoms with Crippen molar-refractivity contribution < 1.29 is 27.8 Å². The van der Waals surface area contributed by atoms with Crippen LogP contribution in [0.25, 0.3) is 0 Å². The summed E-state index contributed by atoms with van der Waals surface area (Å²) in [7, 11) is 3.05. The average molecular weight is 426 g/mol. The number of methoxy groups -OCH3 is 2. The molecule has 0 unspecified atom stereocenters. The Morgan fingerprint density at radius 2 is 1.71 bits per heavy atom. The third-order valence-corrected chi connectivity index (χ3v) is 4.31. The summed E-state index contributed by atoms with van der Waals surface area (Å²) in [6, 6.07) is 14.9. The van der Waals surface area contributed by atoms with Gasteiger partial charge in [0.05, 0.1) is 20.4 Å². The molecule has 0 aliphatic rings. The molecule has 3 aromatic rings. The van der Waals surface area contributed by atoms with Gasteiger partial charge in [0.2, 0.25) is 0 Å². The number of hydrazone groups is 1. The van der Waals surface area contributed by atoms with Gasteiger partial charge < -0.3 is 14.2 Å². The second kappa shape index (κ2) is 10.2. The molecule has 3 rings (SSSR count). The first-order chi connectivity index (χ1) is 15.0. The van der Waals surface area contributed by atoms with E-state index in [1.165, 1.54) is 19.4 Å². The van der Waals surface area contributed by atoms with Crippen LogP contribution in [0, 0.1) is 11.6 Å². The van der Waals surface area contributed by atoms with Crippen LogP contribution in [0.3, 0.4) is 0 Å². The predicted molar refractivity (Wildman–Crippen MR) is 112 cm³/mol. The zero-order valence-corrected chi connectivity index (χ0v) is 16.9. The van der Waals surface area contributed by atoms with Gasteiger partial charge in [-0.1, -0.05) is 0 Å². The topological polar surface area (TPSA) is 69.2 Å². The quantitative estimate of drug-likeness (QED) is 0.430. The van der Waals surface area contributed by atoms with E-state index in [9.17, 15) is 13.6 Å². The first-order valence-electron chi connectivity index (χ1n) is 9.22. The molecule has 0 fully saturated rings. The first kappa shape index (κ1) is 21.8. The lowest BCUT2D eigenvalue weighted by atomic mass is 10.1. The highest BCUT2D eigenvalue weighted by Gasteiger charge is 2.09. The maximum Gasteiger partial charge on any atom is 0.271 e.